The molecule has 2 N–H and O–H groups in total. The van der Waals surface area contributed by atoms with Gasteiger partial charge in [-0.1, -0.05) is 121 Å². The number of H-pyrrole nitrogens is 2. The molecule has 5 heterocycles. The molecule has 52 heavy (non-hydrogen) atoms. The standard InChI is InChI=1S/C48H28N4/c1-3-11-27(12-4-1)41-35-21-22-36(49-35)42(28-13-5-2-6-14-28)38-24-26-40(51-38)44-32-18-10-8-16-30(32)34-20-19-33-29-15-7-9-17-31(29)43(39-25-23-37(41)50-39)47-45(33)46(34)48(44)52-47/h1-26,50-51H. The summed E-state index contributed by atoms with van der Waals surface area (Å²) in [4.78, 5) is 18.9. The highest BCUT2D eigenvalue weighted by Gasteiger charge is 2.23. The van der Waals surface area contributed by atoms with Crippen LogP contribution in [0.2, 0.25) is 0 Å². The minimum absolute atomic E-state index is 0.918. The zero-order chi connectivity index (χ0) is 33.9. The fraction of sp³-hybridized carbons (Fsp3) is 0. The van der Waals surface area contributed by atoms with Crippen molar-refractivity contribution in [2.75, 3.05) is 0 Å². The number of benzene rings is 7. The quantitative estimate of drug-likeness (QED) is 0.181. The Bertz CT molecular complexity index is 3160. The van der Waals surface area contributed by atoms with E-state index >= 15 is 0 Å². The SMILES string of the molecule is C1=Cc2nc1c(-c1ccccc1)c1ccc([nH]1)c1c3ccccc3c3ccc4c5ccccc5c(c5ccc([nH]5)c2-c2ccccc2)c2nc1c3c42. The number of fused-ring (bicyclic) bond motifs is 14. The summed E-state index contributed by atoms with van der Waals surface area (Å²) in [6.45, 7) is 0. The molecule has 0 spiro atoms. The Kier molecular flexibility index (Phi) is 5.47. The van der Waals surface area contributed by atoms with Gasteiger partial charge in [-0.15, -0.1) is 0 Å². The molecule has 12 rings (SSSR count). The van der Waals surface area contributed by atoms with Crippen LogP contribution in [0.1, 0.15) is 11.4 Å². The lowest BCUT2D eigenvalue weighted by Crippen LogP contribution is -1.87. The maximum Gasteiger partial charge on any atom is 0.0822 e. The molecule has 0 amide bonds. The lowest BCUT2D eigenvalue weighted by Gasteiger charge is -2.11. The van der Waals surface area contributed by atoms with Gasteiger partial charge in [-0.3, -0.25) is 0 Å². The van der Waals surface area contributed by atoms with E-state index in [0.29, 0.717) is 0 Å². The van der Waals surface area contributed by atoms with E-state index in [2.05, 4.69) is 168 Å². The van der Waals surface area contributed by atoms with E-state index in [4.69, 9.17) is 9.97 Å². The molecule has 7 aromatic carbocycles. The molecule has 240 valence electrons. The second kappa shape index (κ2) is 10.3. The van der Waals surface area contributed by atoms with Gasteiger partial charge in [0.1, 0.15) is 0 Å². The first-order chi connectivity index (χ1) is 25.8. The molecule has 1 aliphatic heterocycles. The van der Waals surface area contributed by atoms with Crippen LogP contribution in [0.4, 0.5) is 0 Å². The number of rotatable bonds is 2. The van der Waals surface area contributed by atoms with Gasteiger partial charge < -0.3 is 9.97 Å². The molecule has 0 radical (unpaired) electrons. The van der Waals surface area contributed by atoms with Crippen molar-refractivity contribution in [3.63, 3.8) is 0 Å². The third-order valence-electron chi connectivity index (χ3n) is 11.1. The van der Waals surface area contributed by atoms with Crippen LogP contribution in [-0.4, -0.2) is 19.9 Å². The lowest BCUT2D eigenvalue weighted by molar-refractivity contribution is 1.32. The number of aromatic nitrogens is 4. The maximum atomic E-state index is 5.70. The predicted molar refractivity (Wildman–Crippen MR) is 219 cm³/mol. The Hall–Kier alpha value is -7.04. The smallest absolute Gasteiger partial charge is 0.0822 e. The van der Waals surface area contributed by atoms with Crippen LogP contribution in [-0.2, 0) is 0 Å². The molecular weight excluding hydrogens is 633 g/mol. The minimum atomic E-state index is 0.918. The van der Waals surface area contributed by atoms with Crippen molar-refractivity contribution in [3.8, 4) is 22.3 Å². The Labute approximate surface area is 297 Å². The van der Waals surface area contributed by atoms with Crippen LogP contribution in [0, 0.1) is 0 Å². The van der Waals surface area contributed by atoms with Crippen LogP contribution >= 0.6 is 0 Å². The number of hydrogen-bond donors (Lipinski definition) is 2. The second-order valence-electron chi connectivity index (χ2n) is 13.8. The molecule has 4 nitrogen and oxygen atoms in total. The molecule has 0 fully saturated rings. The van der Waals surface area contributed by atoms with E-state index in [0.717, 1.165) is 77.5 Å². The zero-order valence-corrected chi connectivity index (χ0v) is 27.9. The van der Waals surface area contributed by atoms with Crippen molar-refractivity contribution < 1.29 is 0 Å². The van der Waals surface area contributed by atoms with Crippen molar-refractivity contribution in [2.24, 2.45) is 0 Å². The zero-order valence-electron chi connectivity index (χ0n) is 27.9. The first kappa shape index (κ1) is 27.7. The Morgan fingerprint density at radius 2 is 0.692 bits per heavy atom. The van der Waals surface area contributed by atoms with E-state index in [1.165, 1.54) is 43.1 Å². The molecule has 0 atom stereocenters. The van der Waals surface area contributed by atoms with Crippen molar-refractivity contribution >= 4 is 99.1 Å². The third-order valence-corrected chi connectivity index (χ3v) is 11.1. The van der Waals surface area contributed by atoms with Gasteiger partial charge in [0.2, 0.25) is 0 Å². The highest BCUT2D eigenvalue weighted by Crippen LogP contribution is 2.47. The highest BCUT2D eigenvalue weighted by atomic mass is 14.8. The lowest BCUT2D eigenvalue weighted by atomic mass is 9.91. The molecule has 0 saturated carbocycles. The van der Waals surface area contributed by atoms with E-state index in [-0.39, 0.29) is 0 Å². The monoisotopic (exact) mass is 660 g/mol. The summed E-state index contributed by atoms with van der Waals surface area (Å²) in [7, 11) is 0. The first-order valence-electron chi connectivity index (χ1n) is 17.8. The first-order valence-corrected chi connectivity index (χ1v) is 17.8. The van der Waals surface area contributed by atoms with E-state index in [9.17, 15) is 0 Å². The summed E-state index contributed by atoms with van der Waals surface area (Å²) in [6.07, 6.45) is 4.31. The predicted octanol–water partition coefficient (Wildman–Crippen LogP) is 12.7. The average Bonchev–Trinajstić information content (AvgIpc) is 4.03. The molecule has 0 aliphatic carbocycles. The second-order valence-corrected chi connectivity index (χ2v) is 13.8. The summed E-state index contributed by atoms with van der Waals surface area (Å²) in [5.74, 6) is 0. The van der Waals surface area contributed by atoms with E-state index in [1.54, 1.807) is 0 Å². The molecule has 4 heteroatoms. The third kappa shape index (κ3) is 3.70. The Morgan fingerprint density at radius 1 is 0.308 bits per heavy atom. The average molecular weight is 661 g/mol. The van der Waals surface area contributed by atoms with E-state index in [1.807, 2.05) is 0 Å². The highest BCUT2D eigenvalue weighted by molar-refractivity contribution is 6.42. The van der Waals surface area contributed by atoms with Crippen molar-refractivity contribution in [1.29, 1.82) is 0 Å². The summed E-state index contributed by atoms with van der Waals surface area (Å²) in [5.41, 5.74) is 12.3. The fourth-order valence-electron chi connectivity index (χ4n) is 8.91. The van der Waals surface area contributed by atoms with Crippen molar-refractivity contribution in [3.05, 3.63) is 157 Å². The largest absolute Gasteiger partial charge is 0.354 e. The Morgan fingerprint density at radius 3 is 1.15 bits per heavy atom. The topological polar surface area (TPSA) is 57.4 Å². The van der Waals surface area contributed by atoms with Gasteiger partial charge in [0.05, 0.1) is 22.4 Å². The number of nitrogens with zero attached hydrogens (tertiary/aromatic N) is 2. The van der Waals surface area contributed by atoms with Gasteiger partial charge in [-0.2, -0.15) is 0 Å². The minimum Gasteiger partial charge on any atom is -0.354 e. The Balaban J connectivity index is 1.41. The number of hydrogen-bond acceptors (Lipinski definition) is 2. The molecule has 1 aliphatic rings. The fourth-order valence-corrected chi connectivity index (χ4v) is 8.91. The molecule has 4 aromatic heterocycles. The van der Waals surface area contributed by atoms with Crippen LogP contribution < -0.4 is 0 Å². The van der Waals surface area contributed by atoms with Gasteiger partial charge in [0, 0.05) is 54.7 Å². The number of aromatic amines is 2. The number of nitrogens with one attached hydrogen (secondary N) is 2. The van der Waals surface area contributed by atoms with Crippen LogP contribution in [0.5, 0.6) is 0 Å². The van der Waals surface area contributed by atoms with Gasteiger partial charge in [0.15, 0.2) is 0 Å². The van der Waals surface area contributed by atoms with Gasteiger partial charge in [-0.25, -0.2) is 9.97 Å². The molecule has 8 bridgehead atoms. The maximum absolute atomic E-state index is 5.70. The molecule has 11 aromatic rings. The van der Waals surface area contributed by atoms with Crippen LogP contribution in [0.25, 0.3) is 121 Å². The normalized spacial score (nSPS) is 12.5. The summed E-state index contributed by atoms with van der Waals surface area (Å²) in [6, 6.07) is 52.2. The molecular formula is C48H28N4. The summed E-state index contributed by atoms with van der Waals surface area (Å²) >= 11 is 0. The van der Waals surface area contributed by atoms with E-state index < -0.39 is 0 Å². The summed E-state index contributed by atoms with van der Waals surface area (Å²) in [5, 5.41) is 11.9. The van der Waals surface area contributed by atoms with Gasteiger partial charge in [-0.05, 0) is 79.9 Å². The van der Waals surface area contributed by atoms with Gasteiger partial charge in [0.25, 0.3) is 0 Å². The van der Waals surface area contributed by atoms with Gasteiger partial charge >= 0.3 is 0 Å². The van der Waals surface area contributed by atoms with Crippen molar-refractivity contribution in [2.45, 2.75) is 0 Å². The van der Waals surface area contributed by atoms with Crippen LogP contribution in [0.3, 0.4) is 0 Å². The van der Waals surface area contributed by atoms with Crippen LogP contribution in [0.15, 0.2) is 146 Å². The molecule has 0 unspecified atom stereocenters. The molecule has 0 saturated heterocycles. The van der Waals surface area contributed by atoms with Crippen molar-refractivity contribution in [1.82, 2.24) is 19.9 Å². The summed E-state index contributed by atoms with van der Waals surface area (Å²) < 4.78 is 0.